The first-order valence-corrected chi connectivity index (χ1v) is 4.66. The molecule has 0 atom stereocenters. The Morgan fingerprint density at radius 1 is 1.29 bits per heavy atom. The van der Waals surface area contributed by atoms with Gasteiger partial charge in [-0.1, -0.05) is 31.2 Å². The van der Waals surface area contributed by atoms with E-state index in [4.69, 9.17) is 0 Å². The summed E-state index contributed by atoms with van der Waals surface area (Å²) in [6.45, 7) is 2.62. The molecule has 0 spiro atoms. The lowest BCUT2D eigenvalue weighted by Gasteiger charge is -2.04. The van der Waals surface area contributed by atoms with Gasteiger partial charge in [-0.25, -0.2) is 4.79 Å². The van der Waals surface area contributed by atoms with Gasteiger partial charge in [-0.15, -0.1) is 0 Å². The normalized spacial score (nSPS) is 9.57. The fourth-order valence-corrected chi connectivity index (χ4v) is 1.14. The van der Waals surface area contributed by atoms with Gasteiger partial charge in [0.05, 0.1) is 7.11 Å². The van der Waals surface area contributed by atoms with Gasteiger partial charge in [0, 0.05) is 6.54 Å². The number of alkyl carbamates (subject to hydrolysis) is 1. The fourth-order valence-electron chi connectivity index (χ4n) is 1.14. The van der Waals surface area contributed by atoms with Crippen molar-refractivity contribution >= 4 is 6.09 Å². The molecule has 0 aliphatic rings. The Kier molecular flexibility index (Phi) is 3.98. The van der Waals surface area contributed by atoms with Gasteiger partial charge in [0.1, 0.15) is 0 Å². The van der Waals surface area contributed by atoms with Crippen LogP contribution < -0.4 is 5.32 Å². The number of hydrogen-bond acceptors (Lipinski definition) is 2. The van der Waals surface area contributed by atoms with Crippen LogP contribution in [-0.2, 0) is 17.7 Å². The van der Waals surface area contributed by atoms with E-state index in [0.717, 1.165) is 12.0 Å². The van der Waals surface area contributed by atoms with Crippen molar-refractivity contribution < 1.29 is 9.53 Å². The number of ether oxygens (including phenoxy) is 1. The smallest absolute Gasteiger partial charge is 0.407 e. The highest BCUT2D eigenvalue weighted by atomic mass is 16.5. The second-order valence-electron chi connectivity index (χ2n) is 3.02. The minimum atomic E-state index is -0.399. The zero-order valence-corrected chi connectivity index (χ0v) is 8.54. The molecule has 0 aliphatic heterocycles. The molecule has 0 fully saturated rings. The van der Waals surface area contributed by atoms with Crippen LogP contribution in [0, 0.1) is 0 Å². The molecule has 0 aliphatic carbocycles. The molecule has 0 saturated heterocycles. The first kappa shape index (κ1) is 10.6. The van der Waals surface area contributed by atoms with Crippen LogP contribution in [0.5, 0.6) is 0 Å². The molecule has 14 heavy (non-hydrogen) atoms. The van der Waals surface area contributed by atoms with E-state index in [9.17, 15) is 4.79 Å². The van der Waals surface area contributed by atoms with Crippen LogP contribution in [0.4, 0.5) is 4.79 Å². The lowest BCUT2D eigenvalue weighted by Crippen LogP contribution is -2.22. The summed E-state index contributed by atoms with van der Waals surface area (Å²) in [5.74, 6) is 0. The molecule has 0 heterocycles. The lowest BCUT2D eigenvalue weighted by atomic mass is 10.1. The van der Waals surface area contributed by atoms with Gasteiger partial charge in [0.25, 0.3) is 0 Å². The van der Waals surface area contributed by atoms with Crippen molar-refractivity contribution in [3.8, 4) is 0 Å². The van der Waals surface area contributed by atoms with Gasteiger partial charge in [-0.05, 0) is 17.5 Å². The summed E-state index contributed by atoms with van der Waals surface area (Å²) in [4.78, 5) is 10.8. The third-order valence-electron chi connectivity index (χ3n) is 2.05. The highest BCUT2D eigenvalue weighted by molar-refractivity contribution is 5.66. The molecule has 1 rings (SSSR count). The molecule has 3 nitrogen and oxygen atoms in total. The number of aryl methyl sites for hydroxylation is 1. The molecule has 0 aromatic heterocycles. The summed E-state index contributed by atoms with van der Waals surface area (Å²) in [6, 6.07) is 8.14. The van der Waals surface area contributed by atoms with Crippen LogP contribution in [0.15, 0.2) is 24.3 Å². The second-order valence-corrected chi connectivity index (χ2v) is 3.02. The molecule has 1 amide bonds. The third-order valence-corrected chi connectivity index (χ3v) is 2.05. The lowest BCUT2D eigenvalue weighted by molar-refractivity contribution is 0.170. The highest BCUT2D eigenvalue weighted by Crippen LogP contribution is 2.04. The van der Waals surface area contributed by atoms with E-state index < -0.39 is 6.09 Å². The van der Waals surface area contributed by atoms with Crippen molar-refractivity contribution in [2.45, 2.75) is 19.9 Å². The van der Waals surface area contributed by atoms with Crippen molar-refractivity contribution in [3.05, 3.63) is 35.4 Å². The number of carbonyl (C=O) groups excluding carboxylic acids is 1. The van der Waals surface area contributed by atoms with Crippen molar-refractivity contribution in [3.63, 3.8) is 0 Å². The predicted molar refractivity (Wildman–Crippen MR) is 55.1 cm³/mol. The largest absolute Gasteiger partial charge is 0.453 e. The number of rotatable bonds is 3. The van der Waals surface area contributed by atoms with Crippen molar-refractivity contribution in [1.82, 2.24) is 5.32 Å². The molecule has 1 aromatic carbocycles. The summed E-state index contributed by atoms with van der Waals surface area (Å²) in [6.07, 6.45) is 0.634. The van der Waals surface area contributed by atoms with Crippen LogP contribution in [0.1, 0.15) is 18.1 Å². The van der Waals surface area contributed by atoms with Gasteiger partial charge in [-0.2, -0.15) is 0 Å². The first-order valence-electron chi connectivity index (χ1n) is 4.66. The molecular formula is C11H15NO2. The Morgan fingerprint density at radius 2 is 1.86 bits per heavy atom. The number of nitrogens with one attached hydrogen (secondary N) is 1. The van der Waals surface area contributed by atoms with Crippen molar-refractivity contribution in [2.75, 3.05) is 7.11 Å². The van der Waals surface area contributed by atoms with E-state index in [1.165, 1.54) is 12.7 Å². The Labute approximate surface area is 84.1 Å². The first-order chi connectivity index (χ1) is 6.76. The molecule has 1 N–H and O–H groups in total. The number of hydrogen-bond donors (Lipinski definition) is 1. The maximum absolute atomic E-state index is 10.8. The Hall–Kier alpha value is -1.51. The molecule has 0 unspecified atom stereocenters. The summed E-state index contributed by atoms with van der Waals surface area (Å²) in [5.41, 5.74) is 2.37. The molecule has 3 heteroatoms. The van der Waals surface area contributed by atoms with Crippen LogP contribution in [0.25, 0.3) is 0 Å². The summed E-state index contributed by atoms with van der Waals surface area (Å²) >= 11 is 0. The second kappa shape index (κ2) is 5.27. The van der Waals surface area contributed by atoms with Gasteiger partial charge in [-0.3, -0.25) is 0 Å². The number of amides is 1. The monoisotopic (exact) mass is 193 g/mol. The topological polar surface area (TPSA) is 38.3 Å². The highest BCUT2D eigenvalue weighted by Gasteiger charge is 1.98. The molecule has 0 saturated carbocycles. The van der Waals surface area contributed by atoms with Gasteiger partial charge < -0.3 is 10.1 Å². The van der Waals surface area contributed by atoms with Gasteiger partial charge in [0.15, 0.2) is 0 Å². The standard InChI is InChI=1S/C11H15NO2/c1-3-9-4-6-10(7-5-9)8-12-11(13)14-2/h4-7H,3,8H2,1-2H3,(H,12,13). The molecule has 0 radical (unpaired) electrons. The molecule has 1 aromatic rings. The minimum absolute atomic E-state index is 0.399. The minimum Gasteiger partial charge on any atom is -0.453 e. The Balaban J connectivity index is 2.47. The van der Waals surface area contributed by atoms with Crippen molar-refractivity contribution in [1.29, 1.82) is 0 Å². The number of carbonyl (C=O) groups is 1. The molecule has 0 bridgehead atoms. The number of methoxy groups -OCH3 is 1. The van der Waals surface area contributed by atoms with Crippen LogP contribution in [-0.4, -0.2) is 13.2 Å². The van der Waals surface area contributed by atoms with Gasteiger partial charge >= 0.3 is 6.09 Å². The van der Waals surface area contributed by atoms with Gasteiger partial charge in [0.2, 0.25) is 0 Å². The van der Waals surface area contributed by atoms with E-state index in [1.54, 1.807) is 0 Å². The summed E-state index contributed by atoms with van der Waals surface area (Å²) in [5, 5.41) is 2.62. The predicted octanol–water partition coefficient (Wildman–Crippen LogP) is 2.10. The Morgan fingerprint density at radius 3 is 2.36 bits per heavy atom. The van der Waals surface area contributed by atoms with E-state index >= 15 is 0 Å². The zero-order chi connectivity index (χ0) is 10.4. The van der Waals surface area contributed by atoms with Crippen LogP contribution in [0.3, 0.4) is 0 Å². The van der Waals surface area contributed by atoms with Crippen LogP contribution >= 0.6 is 0 Å². The molecular weight excluding hydrogens is 178 g/mol. The molecule has 76 valence electrons. The summed E-state index contributed by atoms with van der Waals surface area (Å²) < 4.78 is 4.47. The van der Waals surface area contributed by atoms with E-state index in [2.05, 4.69) is 29.1 Å². The average molecular weight is 193 g/mol. The van der Waals surface area contributed by atoms with E-state index in [1.807, 2.05) is 12.1 Å². The maximum Gasteiger partial charge on any atom is 0.407 e. The Bertz CT molecular complexity index is 293. The maximum atomic E-state index is 10.8. The average Bonchev–Trinajstić information content (AvgIpc) is 2.26. The fraction of sp³-hybridized carbons (Fsp3) is 0.364. The van der Waals surface area contributed by atoms with E-state index in [-0.39, 0.29) is 0 Å². The zero-order valence-electron chi connectivity index (χ0n) is 8.54. The number of benzene rings is 1. The SMILES string of the molecule is CCc1ccc(CNC(=O)OC)cc1. The van der Waals surface area contributed by atoms with Crippen LogP contribution in [0.2, 0.25) is 0 Å². The quantitative estimate of drug-likeness (QED) is 0.798. The van der Waals surface area contributed by atoms with E-state index in [0.29, 0.717) is 6.54 Å². The van der Waals surface area contributed by atoms with Crippen molar-refractivity contribution in [2.24, 2.45) is 0 Å². The third kappa shape index (κ3) is 3.09. The summed E-state index contributed by atoms with van der Waals surface area (Å²) in [7, 11) is 1.36.